The molecule has 0 spiro atoms. The van der Waals surface area contributed by atoms with Crippen molar-refractivity contribution in [3.05, 3.63) is 0 Å². The molecule has 1 aliphatic rings. The standard InChI is InChI=1S/C6H14N2O2S/c1-5-3-2-4-6(5)8-11(7,9)10/h5-6,8H,2-4H2,1H3,(H2,7,9,10). The summed E-state index contributed by atoms with van der Waals surface area (Å²) in [5, 5.41) is 4.84. The van der Waals surface area contributed by atoms with Crippen LogP contribution >= 0.6 is 0 Å². The number of hydrogen-bond donors (Lipinski definition) is 2. The molecular weight excluding hydrogens is 164 g/mol. The van der Waals surface area contributed by atoms with Crippen molar-refractivity contribution in [2.75, 3.05) is 0 Å². The summed E-state index contributed by atoms with van der Waals surface area (Å²) < 4.78 is 23.6. The predicted molar refractivity (Wildman–Crippen MR) is 43.0 cm³/mol. The molecule has 0 amide bonds. The van der Waals surface area contributed by atoms with Crippen molar-refractivity contribution >= 4 is 10.2 Å². The number of nitrogens with two attached hydrogens (primary N) is 1. The van der Waals surface area contributed by atoms with Crippen molar-refractivity contribution in [3.8, 4) is 0 Å². The molecular formula is C6H14N2O2S. The SMILES string of the molecule is CC1CCCC1NS(N)(=O)=O. The molecule has 66 valence electrons. The van der Waals surface area contributed by atoms with E-state index >= 15 is 0 Å². The third kappa shape index (κ3) is 2.76. The monoisotopic (exact) mass is 178 g/mol. The average molecular weight is 178 g/mol. The van der Waals surface area contributed by atoms with E-state index in [4.69, 9.17) is 5.14 Å². The molecule has 1 fully saturated rings. The van der Waals surface area contributed by atoms with Gasteiger partial charge < -0.3 is 0 Å². The van der Waals surface area contributed by atoms with Crippen molar-refractivity contribution in [2.24, 2.45) is 11.1 Å². The first-order valence-electron chi connectivity index (χ1n) is 3.79. The van der Waals surface area contributed by atoms with E-state index in [9.17, 15) is 8.42 Å². The molecule has 0 aromatic rings. The summed E-state index contributed by atoms with van der Waals surface area (Å²) in [6.07, 6.45) is 3.10. The van der Waals surface area contributed by atoms with Crippen LogP contribution in [0.1, 0.15) is 26.2 Å². The fourth-order valence-electron chi connectivity index (χ4n) is 1.53. The van der Waals surface area contributed by atoms with Gasteiger partial charge in [-0.2, -0.15) is 13.1 Å². The lowest BCUT2D eigenvalue weighted by atomic mass is 10.1. The van der Waals surface area contributed by atoms with E-state index in [1.165, 1.54) is 0 Å². The Hall–Kier alpha value is -0.130. The second-order valence-corrected chi connectivity index (χ2v) is 4.50. The van der Waals surface area contributed by atoms with Gasteiger partial charge in [-0.25, -0.2) is 5.14 Å². The summed E-state index contributed by atoms with van der Waals surface area (Å²) in [6.45, 7) is 2.04. The van der Waals surface area contributed by atoms with Gasteiger partial charge in [-0.3, -0.25) is 0 Å². The van der Waals surface area contributed by atoms with Crippen LogP contribution in [0.4, 0.5) is 0 Å². The largest absolute Gasteiger partial charge is 0.274 e. The van der Waals surface area contributed by atoms with E-state index in [2.05, 4.69) is 4.72 Å². The first-order valence-corrected chi connectivity index (χ1v) is 5.34. The Morgan fingerprint density at radius 3 is 2.45 bits per heavy atom. The van der Waals surface area contributed by atoms with Crippen molar-refractivity contribution < 1.29 is 8.42 Å². The van der Waals surface area contributed by atoms with Gasteiger partial charge in [0.15, 0.2) is 0 Å². The first-order chi connectivity index (χ1) is 4.99. The number of rotatable bonds is 2. The van der Waals surface area contributed by atoms with E-state index in [1.807, 2.05) is 6.92 Å². The van der Waals surface area contributed by atoms with Gasteiger partial charge in [-0.05, 0) is 18.8 Å². The normalized spacial score (nSPS) is 32.5. The van der Waals surface area contributed by atoms with Gasteiger partial charge in [0.05, 0.1) is 0 Å². The van der Waals surface area contributed by atoms with Crippen LogP contribution in [-0.2, 0) is 10.2 Å². The molecule has 1 saturated carbocycles. The van der Waals surface area contributed by atoms with Gasteiger partial charge in [0.2, 0.25) is 0 Å². The molecule has 3 N–H and O–H groups in total. The van der Waals surface area contributed by atoms with E-state index < -0.39 is 10.2 Å². The molecule has 1 aliphatic carbocycles. The molecule has 11 heavy (non-hydrogen) atoms. The Labute approximate surface area is 67.3 Å². The lowest BCUT2D eigenvalue weighted by Gasteiger charge is -2.14. The minimum absolute atomic E-state index is 0.0602. The first kappa shape index (κ1) is 8.96. The quantitative estimate of drug-likeness (QED) is 0.623. The van der Waals surface area contributed by atoms with Gasteiger partial charge in [0.25, 0.3) is 10.2 Å². The Morgan fingerprint density at radius 1 is 1.45 bits per heavy atom. The maximum Gasteiger partial charge on any atom is 0.274 e. The molecule has 0 saturated heterocycles. The fourth-order valence-corrected chi connectivity index (χ4v) is 2.30. The summed E-state index contributed by atoms with van der Waals surface area (Å²) >= 11 is 0. The van der Waals surface area contributed by atoms with Crippen LogP contribution in [0.5, 0.6) is 0 Å². The number of nitrogens with one attached hydrogen (secondary N) is 1. The predicted octanol–water partition coefficient (Wildman–Crippen LogP) is -0.0319. The summed E-state index contributed by atoms with van der Waals surface area (Å²) in [5.74, 6) is 0.424. The molecule has 2 atom stereocenters. The molecule has 0 radical (unpaired) electrons. The van der Waals surface area contributed by atoms with Crippen LogP contribution in [0.25, 0.3) is 0 Å². The van der Waals surface area contributed by atoms with E-state index in [1.54, 1.807) is 0 Å². The summed E-state index contributed by atoms with van der Waals surface area (Å²) in [7, 11) is -3.49. The summed E-state index contributed by atoms with van der Waals surface area (Å²) in [5.41, 5.74) is 0. The molecule has 0 bridgehead atoms. The second-order valence-electron chi connectivity index (χ2n) is 3.18. The zero-order valence-electron chi connectivity index (χ0n) is 6.58. The van der Waals surface area contributed by atoms with E-state index in [0.717, 1.165) is 19.3 Å². The van der Waals surface area contributed by atoms with Gasteiger partial charge >= 0.3 is 0 Å². The van der Waals surface area contributed by atoms with Crippen LogP contribution in [0, 0.1) is 5.92 Å². The highest BCUT2D eigenvalue weighted by Gasteiger charge is 2.25. The molecule has 0 aliphatic heterocycles. The Kier molecular flexibility index (Phi) is 2.51. The summed E-state index contributed by atoms with van der Waals surface area (Å²) in [6, 6.07) is 0.0602. The van der Waals surface area contributed by atoms with Gasteiger partial charge in [-0.1, -0.05) is 13.3 Å². The molecule has 5 heteroatoms. The lowest BCUT2D eigenvalue weighted by Crippen LogP contribution is -2.40. The maximum absolute atomic E-state index is 10.6. The minimum Gasteiger partial charge on any atom is -0.216 e. The Morgan fingerprint density at radius 2 is 2.09 bits per heavy atom. The zero-order chi connectivity index (χ0) is 8.48. The third-order valence-corrected chi connectivity index (χ3v) is 2.81. The van der Waals surface area contributed by atoms with Crippen molar-refractivity contribution in [3.63, 3.8) is 0 Å². The maximum atomic E-state index is 10.6. The molecule has 0 heterocycles. The van der Waals surface area contributed by atoms with Crippen LogP contribution < -0.4 is 9.86 Å². The van der Waals surface area contributed by atoms with Crippen LogP contribution in [0.15, 0.2) is 0 Å². The van der Waals surface area contributed by atoms with Gasteiger partial charge in [-0.15, -0.1) is 0 Å². The van der Waals surface area contributed by atoms with Crippen LogP contribution in [0.3, 0.4) is 0 Å². The Bertz CT molecular complexity index is 225. The third-order valence-electron chi connectivity index (χ3n) is 2.18. The van der Waals surface area contributed by atoms with Crippen LogP contribution in [0.2, 0.25) is 0 Å². The zero-order valence-corrected chi connectivity index (χ0v) is 7.39. The fraction of sp³-hybridized carbons (Fsp3) is 1.00. The molecule has 0 aromatic carbocycles. The summed E-state index contributed by atoms with van der Waals surface area (Å²) in [4.78, 5) is 0. The van der Waals surface area contributed by atoms with Crippen LogP contribution in [-0.4, -0.2) is 14.5 Å². The lowest BCUT2D eigenvalue weighted by molar-refractivity contribution is 0.477. The highest BCUT2D eigenvalue weighted by molar-refractivity contribution is 7.87. The molecule has 2 unspecified atom stereocenters. The van der Waals surface area contributed by atoms with E-state index in [0.29, 0.717) is 5.92 Å². The molecule has 4 nitrogen and oxygen atoms in total. The van der Waals surface area contributed by atoms with Gasteiger partial charge in [0.1, 0.15) is 0 Å². The highest BCUT2D eigenvalue weighted by atomic mass is 32.2. The average Bonchev–Trinajstić information content (AvgIpc) is 2.12. The van der Waals surface area contributed by atoms with Crippen molar-refractivity contribution in [1.29, 1.82) is 0 Å². The second kappa shape index (κ2) is 3.08. The number of hydrogen-bond acceptors (Lipinski definition) is 2. The van der Waals surface area contributed by atoms with Gasteiger partial charge in [0, 0.05) is 6.04 Å². The topological polar surface area (TPSA) is 72.2 Å². The molecule has 1 rings (SSSR count). The smallest absolute Gasteiger partial charge is 0.216 e. The highest BCUT2D eigenvalue weighted by Crippen LogP contribution is 2.24. The molecule has 0 aromatic heterocycles. The minimum atomic E-state index is -3.49. The Balaban J connectivity index is 2.50. The van der Waals surface area contributed by atoms with Crippen molar-refractivity contribution in [1.82, 2.24) is 4.72 Å². The van der Waals surface area contributed by atoms with E-state index in [-0.39, 0.29) is 6.04 Å². The van der Waals surface area contributed by atoms with Crippen molar-refractivity contribution in [2.45, 2.75) is 32.2 Å².